The number of unbranched alkanes of at least 4 members (excludes halogenated alkanes) is 2. The Bertz CT molecular complexity index is 1870. The molecule has 0 saturated heterocycles. The summed E-state index contributed by atoms with van der Waals surface area (Å²) in [6.07, 6.45) is 4.12. The van der Waals surface area contributed by atoms with Crippen molar-refractivity contribution in [1.29, 1.82) is 0 Å². The van der Waals surface area contributed by atoms with Crippen molar-refractivity contribution < 1.29 is 37.4 Å². The van der Waals surface area contributed by atoms with E-state index < -0.39 is 34.8 Å². The van der Waals surface area contributed by atoms with Crippen LogP contribution < -0.4 is 31.2 Å². The van der Waals surface area contributed by atoms with Gasteiger partial charge < -0.3 is 26.3 Å². The minimum atomic E-state index is -1.43. The highest BCUT2D eigenvalue weighted by molar-refractivity contribution is 7.81. The number of anilines is 2. The summed E-state index contributed by atoms with van der Waals surface area (Å²) in [6.45, 7) is 0.816. The van der Waals surface area contributed by atoms with Gasteiger partial charge in [-0.1, -0.05) is 0 Å². The highest BCUT2D eigenvalue weighted by Crippen LogP contribution is 2.49. The molecule has 1 aromatic heterocycles. The number of nitrogens with zero attached hydrogens (tertiary/aromatic N) is 2. The Morgan fingerprint density at radius 3 is 2.27 bits per heavy atom. The first-order chi connectivity index (χ1) is 23.0. The van der Waals surface area contributed by atoms with Crippen molar-refractivity contribution in [3.05, 3.63) is 84.1 Å². The number of fused-ring (bicyclic) bond motifs is 1. The lowest BCUT2D eigenvalue weighted by molar-refractivity contribution is -0.133. The van der Waals surface area contributed by atoms with Crippen LogP contribution in [0.25, 0.3) is 10.9 Å². The lowest BCUT2D eigenvalue weighted by Gasteiger charge is -2.26. The molecule has 0 atom stereocenters. The Balaban J connectivity index is 1.36. The van der Waals surface area contributed by atoms with E-state index in [0.29, 0.717) is 23.9 Å². The lowest BCUT2D eigenvalue weighted by Crippen LogP contribution is -2.41. The van der Waals surface area contributed by atoms with Crippen LogP contribution >= 0.6 is 12.6 Å². The van der Waals surface area contributed by atoms with Crippen LogP contribution in [0.3, 0.4) is 0 Å². The average Bonchev–Trinajstić information content (AvgIpc) is 3.89. The van der Waals surface area contributed by atoms with Gasteiger partial charge in [0.2, 0.25) is 17.7 Å². The Labute approximate surface area is 280 Å². The summed E-state index contributed by atoms with van der Waals surface area (Å²) < 4.78 is 41.1. The predicted octanol–water partition coefficient (Wildman–Crippen LogP) is 4.93. The molecule has 1 aliphatic rings. The number of hydrogen-bond donors (Lipinski definition) is 4. The second kappa shape index (κ2) is 14.7. The van der Waals surface area contributed by atoms with E-state index in [1.165, 1.54) is 42.6 Å². The summed E-state index contributed by atoms with van der Waals surface area (Å²) >= 11 is 3.91. The van der Waals surface area contributed by atoms with E-state index in [9.17, 15) is 23.6 Å². The van der Waals surface area contributed by atoms with Crippen molar-refractivity contribution in [3.63, 3.8) is 0 Å². The zero-order valence-corrected chi connectivity index (χ0v) is 26.6. The van der Waals surface area contributed by atoms with Crippen LogP contribution in [0.4, 0.5) is 20.2 Å². The molecule has 0 aliphatic heterocycles. The third-order valence-electron chi connectivity index (χ3n) is 7.93. The lowest BCUT2D eigenvalue weighted by atomic mass is 10.0. The summed E-state index contributed by atoms with van der Waals surface area (Å²) in [5, 5.41) is 3.10. The molecule has 4 aromatic rings. The van der Waals surface area contributed by atoms with Crippen molar-refractivity contribution in [2.24, 2.45) is 16.9 Å². The van der Waals surface area contributed by atoms with Gasteiger partial charge >= 0.3 is 0 Å². The zero-order chi connectivity index (χ0) is 34.4. The van der Waals surface area contributed by atoms with Gasteiger partial charge in [-0.25, -0.2) is 8.78 Å². The molecule has 5 rings (SSSR count). The third kappa shape index (κ3) is 7.49. The Morgan fingerprint density at radius 2 is 1.62 bits per heavy atom. The van der Waals surface area contributed by atoms with E-state index in [4.69, 9.17) is 20.9 Å². The fourth-order valence-electron chi connectivity index (χ4n) is 5.13. The number of nitrogens with one attached hydrogen (secondary N) is 1. The number of hydrogen-bond acceptors (Lipinski definition) is 8. The second-order valence-corrected chi connectivity index (χ2v) is 11.6. The summed E-state index contributed by atoms with van der Waals surface area (Å²) in [6, 6.07) is 13.3. The second-order valence-electron chi connectivity index (χ2n) is 11.2. The van der Waals surface area contributed by atoms with Gasteiger partial charge in [0, 0.05) is 35.9 Å². The number of thiol groups is 1. The molecule has 3 aromatic carbocycles. The Hall–Kier alpha value is -5.24. The normalized spacial score (nSPS) is 13.1. The summed E-state index contributed by atoms with van der Waals surface area (Å²) in [7, 11) is 0. The van der Waals surface area contributed by atoms with Crippen molar-refractivity contribution in [1.82, 2.24) is 10.3 Å². The number of benzene rings is 3. The van der Waals surface area contributed by atoms with Gasteiger partial charge in [0.05, 0.1) is 29.1 Å². The molecule has 1 saturated carbocycles. The number of carbonyl (C=O) groups is 4. The number of carbonyl (C=O) groups excluding carboxylic acids is 4. The van der Waals surface area contributed by atoms with Crippen molar-refractivity contribution in [2.75, 3.05) is 23.8 Å². The first kappa shape index (κ1) is 34.1. The van der Waals surface area contributed by atoms with Crippen molar-refractivity contribution >= 4 is 58.5 Å². The SMILES string of the molecule is NC(=O)c1cc2c(Oc3ccc(N(C(=O)C4(C(N)=O)CC4)c4ccc(F)cc4)cc3F)ccnc2cc1OCCCCCNC(=O)CS. The van der Waals surface area contributed by atoms with Crippen LogP contribution in [0.1, 0.15) is 42.5 Å². The molecule has 1 fully saturated rings. The fourth-order valence-corrected chi connectivity index (χ4v) is 5.24. The molecule has 0 bridgehead atoms. The van der Waals surface area contributed by atoms with Gasteiger partial charge in [0.25, 0.3) is 5.91 Å². The van der Waals surface area contributed by atoms with Gasteiger partial charge in [-0.2, -0.15) is 12.6 Å². The Morgan fingerprint density at radius 1 is 0.896 bits per heavy atom. The van der Waals surface area contributed by atoms with E-state index in [1.54, 1.807) is 6.07 Å². The van der Waals surface area contributed by atoms with E-state index in [0.717, 1.165) is 35.9 Å². The number of pyridine rings is 1. The third-order valence-corrected chi connectivity index (χ3v) is 8.21. The van der Waals surface area contributed by atoms with Crippen LogP contribution in [0, 0.1) is 17.0 Å². The van der Waals surface area contributed by atoms with Gasteiger partial charge in [0.1, 0.15) is 22.7 Å². The standard InChI is InChI=1S/C34H33F2N5O6S/c35-20-4-6-21(7-5-20)41(33(45)34(11-12-34)32(38)44)22-8-9-28(25(36)16-22)47-27-10-14-39-26-18-29(24(31(37)43)17-23(26)27)46-15-3-1-2-13-40-30(42)19-48/h4-10,14,16-18,48H,1-3,11-13,15,19H2,(H2,37,43)(H2,38,44)(H,40,42). The van der Waals surface area contributed by atoms with Crippen LogP contribution in [0.5, 0.6) is 17.2 Å². The minimum absolute atomic E-state index is 0.0729. The van der Waals surface area contributed by atoms with Crippen LogP contribution in [0.2, 0.25) is 0 Å². The van der Waals surface area contributed by atoms with Gasteiger partial charge in [-0.3, -0.25) is 29.1 Å². The van der Waals surface area contributed by atoms with E-state index in [-0.39, 0.29) is 65.3 Å². The maximum absolute atomic E-state index is 15.6. The van der Waals surface area contributed by atoms with Crippen LogP contribution in [0.15, 0.2) is 66.9 Å². The minimum Gasteiger partial charge on any atom is -0.493 e. The number of ether oxygens (including phenoxy) is 2. The van der Waals surface area contributed by atoms with E-state index in [2.05, 4.69) is 22.9 Å². The fraction of sp³-hybridized carbons (Fsp3) is 0.265. The molecule has 14 heteroatoms. The first-order valence-corrected chi connectivity index (χ1v) is 15.8. The topological polar surface area (TPSA) is 167 Å². The molecule has 1 heterocycles. The monoisotopic (exact) mass is 677 g/mol. The molecule has 0 unspecified atom stereocenters. The van der Waals surface area contributed by atoms with E-state index in [1.807, 2.05) is 0 Å². The highest BCUT2D eigenvalue weighted by atomic mass is 32.1. The number of halogens is 2. The average molecular weight is 678 g/mol. The maximum Gasteiger partial charge on any atom is 0.252 e. The van der Waals surface area contributed by atoms with Gasteiger partial charge in [-0.15, -0.1) is 0 Å². The van der Waals surface area contributed by atoms with Crippen LogP contribution in [-0.2, 0) is 14.4 Å². The van der Waals surface area contributed by atoms with Gasteiger partial charge in [0.15, 0.2) is 11.6 Å². The zero-order valence-electron chi connectivity index (χ0n) is 25.7. The van der Waals surface area contributed by atoms with Gasteiger partial charge in [-0.05, 0) is 80.6 Å². The number of aromatic nitrogens is 1. The number of rotatable bonds is 15. The quantitative estimate of drug-likeness (QED) is 0.0787. The Kier molecular flexibility index (Phi) is 10.4. The largest absolute Gasteiger partial charge is 0.493 e. The summed E-state index contributed by atoms with van der Waals surface area (Å²) in [5.41, 5.74) is 10.5. The van der Waals surface area contributed by atoms with Crippen molar-refractivity contribution in [2.45, 2.75) is 32.1 Å². The predicted molar refractivity (Wildman–Crippen MR) is 177 cm³/mol. The number of amides is 4. The van der Waals surface area contributed by atoms with Crippen molar-refractivity contribution in [3.8, 4) is 17.2 Å². The summed E-state index contributed by atoms with van der Waals surface area (Å²) in [4.78, 5) is 54.8. The molecule has 0 spiro atoms. The molecule has 48 heavy (non-hydrogen) atoms. The molecule has 0 radical (unpaired) electrons. The molecule has 250 valence electrons. The van der Waals surface area contributed by atoms with E-state index >= 15 is 4.39 Å². The molecule has 1 aliphatic carbocycles. The summed E-state index contributed by atoms with van der Waals surface area (Å²) in [5.74, 6) is -3.39. The number of nitrogens with two attached hydrogens (primary N) is 2. The molecule has 5 N–H and O–H groups in total. The molecule has 4 amide bonds. The maximum atomic E-state index is 15.6. The first-order valence-electron chi connectivity index (χ1n) is 15.1. The highest BCUT2D eigenvalue weighted by Gasteiger charge is 2.57. The number of primary amides is 2. The molecular weight excluding hydrogens is 644 g/mol. The molecular formula is C34H33F2N5O6S. The molecule has 11 nitrogen and oxygen atoms in total. The van der Waals surface area contributed by atoms with Crippen LogP contribution in [-0.4, -0.2) is 47.5 Å². The smallest absolute Gasteiger partial charge is 0.252 e.